The predicted octanol–water partition coefficient (Wildman–Crippen LogP) is 7.59. The second-order valence-electron chi connectivity index (χ2n) is 9.59. The Hall–Kier alpha value is -3.64. The molecule has 0 aliphatic carbocycles. The molecule has 0 radical (unpaired) electrons. The van der Waals surface area contributed by atoms with Crippen molar-refractivity contribution in [2.24, 2.45) is 0 Å². The Labute approximate surface area is 258 Å². The van der Waals surface area contributed by atoms with Crippen LogP contribution in [0.3, 0.4) is 0 Å². The second kappa shape index (κ2) is 12.7. The molecule has 0 fully saturated rings. The van der Waals surface area contributed by atoms with Crippen LogP contribution in [-0.2, 0) is 0 Å². The summed E-state index contributed by atoms with van der Waals surface area (Å²) in [4.78, 5) is 0. The van der Waals surface area contributed by atoms with Crippen LogP contribution in [0, 0.1) is 0 Å². The Morgan fingerprint density at radius 3 is 0.881 bits per heavy atom. The van der Waals surface area contributed by atoms with E-state index in [0.29, 0.717) is 11.1 Å². The molecule has 6 rings (SSSR count). The van der Waals surface area contributed by atoms with Gasteiger partial charge in [0.15, 0.2) is 0 Å². The summed E-state index contributed by atoms with van der Waals surface area (Å²) in [5, 5.41) is 30.1. The van der Waals surface area contributed by atoms with Crippen molar-refractivity contribution in [1.29, 1.82) is 0 Å². The highest BCUT2D eigenvalue weighted by atomic mass is 35.5. The zero-order valence-corrected chi connectivity index (χ0v) is 25.7. The van der Waals surface area contributed by atoms with E-state index in [2.05, 4.69) is 48.5 Å². The molecular weight excluding hydrogens is 597 g/mol. The molecule has 0 bridgehead atoms. The maximum absolute atomic E-state index is 11.8. The van der Waals surface area contributed by atoms with Gasteiger partial charge in [0.1, 0.15) is 11.5 Å². The Kier molecular flexibility index (Phi) is 8.61. The number of hydrogen-bond acceptors (Lipinski definition) is 2. The molecule has 0 saturated carbocycles. The molecule has 0 aliphatic rings. The molecule has 0 heterocycles. The van der Waals surface area contributed by atoms with E-state index in [1.54, 1.807) is 12.1 Å². The van der Waals surface area contributed by atoms with Crippen LogP contribution in [0.15, 0.2) is 146 Å². The van der Waals surface area contributed by atoms with E-state index in [1.165, 1.54) is 0 Å². The van der Waals surface area contributed by atoms with Crippen LogP contribution < -0.4 is 31.8 Å². The van der Waals surface area contributed by atoms with Gasteiger partial charge in [-0.3, -0.25) is 0 Å². The van der Waals surface area contributed by atoms with Crippen molar-refractivity contribution in [1.82, 2.24) is 0 Å². The van der Waals surface area contributed by atoms with Crippen molar-refractivity contribution in [3.05, 3.63) is 156 Å². The fourth-order valence-electron chi connectivity index (χ4n) is 5.14. The van der Waals surface area contributed by atoms with E-state index in [4.69, 9.17) is 23.2 Å². The van der Waals surface area contributed by atoms with Crippen molar-refractivity contribution in [3.63, 3.8) is 0 Å². The first kappa shape index (κ1) is 28.5. The van der Waals surface area contributed by atoms with Gasteiger partial charge in [-0.1, -0.05) is 157 Å². The lowest BCUT2D eigenvalue weighted by Gasteiger charge is -2.27. The van der Waals surface area contributed by atoms with Gasteiger partial charge in [0.2, 0.25) is 0 Å². The molecule has 0 aliphatic heterocycles. The van der Waals surface area contributed by atoms with Crippen molar-refractivity contribution in [2.45, 2.75) is 0 Å². The molecule has 2 N–H and O–H groups in total. The predicted molar refractivity (Wildman–Crippen MR) is 183 cm³/mol. The lowest BCUT2D eigenvalue weighted by molar-refractivity contribution is 0.470. The maximum atomic E-state index is 11.8. The molecule has 0 saturated heterocycles. The average molecular weight is 623 g/mol. The minimum absolute atomic E-state index is 0.0802. The van der Waals surface area contributed by atoms with Gasteiger partial charge in [0, 0.05) is 11.1 Å². The number of phenols is 2. The summed E-state index contributed by atoms with van der Waals surface area (Å²) in [5.74, 6) is -0.160. The number of rotatable bonds is 7. The minimum Gasteiger partial charge on any atom is -0.506 e. The lowest BCUT2D eigenvalue weighted by Crippen LogP contribution is -2.26. The second-order valence-corrected chi connectivity index (χ2v) is 14.8. The van der Waals surface area contributed by atoms with Gasteiger partial charge in [-0.2, -0.15) is 0 Å². The standard InChI is InChI=1S/C36H26Cl2O2P2/c37-29-21-23-31(41(25-13-5-1-6-14-25)26-15-7-2-8-16-26)33(35(29)39)34-32(24-22-30(38)36(34)40)42(27-17-9-3-10-18-27)28-19-11-4-12-20-28/h1-24,39-40H. The lowest BCUT2D eigenvalue weighted by atomic mass is 10.0. The minimum atomic E-state index is -1.15. The van der Waals surface area contributed by atoms with Crippen molar-refractivity contribution < 1.29 is 10.2 Å². The number of phenolic OH excluding ortho intramolecular Hbond substituents is 2. The molecule has 6 aromatic carbocycles. The summed E-state index contributed by atoms with van der Waals surface area (Å²) < 4.78 is 0. The first-order valence-electron chi connectivity index (χ1n) is 13.4. The van der Waals surface area contributed by atoms with Gasteiger partial charge in [-0.05, 0) is 59.8 Å². The SMILES string of the molecule is Oc1c(Cl)ccc(P(c2ccccc2)c2ccccc2)c1-c1c(P(c2ccccc2)c2ccccc2)ccc(Cl)c1O. The largest absolute Gasteiger partial charge is 0.506 e. The Bertz CT molecular complexity index is 1600. The summed E-state index contributed by atoms with van der Waals surface area (Å²) in [6.45, 7) is 0. The van der Waals surface area contributed by atoms with Gasteiger partial charge in [-0.25, -0.2) is 0 Å². The fourth-order valence-corrected chi connectivity index (χ4v) is 10.4. The molecule has 0 amide bonds. The fraction of sp³-hybridized carbons (Fsp3) is 0. The maximum Gasteiger partial charge on any atom is 0.142 e. The van der Waals surface area contributed by atoms with E-state index in [1.807, 2.05) is 84.9 Å². The van der Waals surface area contributed by atoms with Crippen LogP contribution in [0.5, 0.6) is 11.5 Å². The third-order valence-corrected chi connectivity index (χ3v) is 12.6. The van der Waals surface area contributed by atoms with Gasteiger partial charge in [0.05, 0.1) is 10.0 Å². The topological polar surface area (TPSA) is 40.5 Å². The van der Waals surface area contributed by atoms with E-state index < -0.39 is 15.8 Å². The van der Waals surface area contributed by atoms with Crippen molar-refractivity contribution >= 4 is 70.9 Å². The molecular formula is C36H26Cl2O2P2. The third-order valence-electron chi connectivity index (χ3n) is 7.00. The Morgan fingerprint density at radius 1 is 0.357 bits per heavy atom. The monoisotopic (exact) mass is 622 g/mol. The van der Waals surface area contributed by atoms with E-state index in [-0.39, 0.29) is 21.5 Å². The summed E-state index contributed by atoms with van der Waals surface area (Å²) >= 11 is 13.3. The smallest absolute Gasteiger partial charge is 0.142 e. The summed E-state index contributed by atoms with van der Waals surface area (Å²) in [6, 6.07) is 48.4. The van der Waals surface area contributed by atoms with E-state index in [9.17, 15) is 10.2 Å². The molecule has 0 unspecified atom stereocenters. The summed E-state index contributed by atoms with van der Waals surface area (Å²) in [5.41, 5.74) is 0.992. The van der Waals surface area contributed by atoms with Crippen LogP contribution in [0.2, 0.25) is 10.0 Å². The highest BCUT2D eigenvalue weighted by Gasteiger charge is 2.30. The molecule has 6 aromatic rings. The Morgan fingerprint density at radius 2 is 0.619 bits per heavy atom. The quantitative estimate of drug-likeness (QED) is 0.180. The molecule has 0 spiro atoms. The third kappa shape index (κ3) is 5.57. The molecule has 2 nitrogen and oxygen atoms in total. The van der Waals surface area contributed by atoms with Crippen LogP contribution in [-0.4, -0.2) is 10.2 Å². The number of hydrogen-bond donors (Lipinski definition) is 2. The normalized spacial score (nSPS) is 11.2. The first-order valence-corrected chi connectivity index (χ1v) is 16.8. The summed E-state index contributed by atoms with van der Waals surface area (Å²) in [7, 11) is -2.29. The highest BCUT2D eigenvalue weighted by Crippen LogP contribution is 2.49. The van der Waals surface area contributed by atoms with Crippen molar-refractivity contribution in [2.75, 3.05) is 0 Å². The molecule has 6 heteroatoms. The van der Waals surface area contributed by atoms with Gasteiger partial charge < -0.3 is 10.2 Å². The number of benzene rings is 6. The van der Waals surface area contributed by atoms with Crippen molar-refractivity contribution in [3.8, 4) is 22.6 Å². The Balaban J connectivity index is 1.70. The van der Waals surface area contributed by atoms with E-state index in [0.717, 1.165) is 31.8 Å². The molecule has 42 heavy (non-hydrogen) atoms. The molecule has 206 valence electrons. The molecule has 0 aromatic heterocycles. The molecule has 0 atom stereocenters. The average Bonchev–Trinajstić information content (AvgIpc) is 3.04. The van der Waals surface area contributed by atoms with Gasteiger partial charge >= 0.3 is 0 Å². The number of aromatic hydroxyl groups is 2. The van der Waals surface area contributed by atoms with Crippen LogP contribution in [0.4, 0.5) is 0 Å². The first-order chi connectivity index (χ1) is 20.5. The number of halogens is 2. The zero-order valence-electron chi connectivity index (χ0n) is 22.4. The van der Waals surface area contributed by atoms with Gasteiger partial charge in [-0.15, -0.1) is 0 Å². The van der Waals surface area contributed by atoms with E-state index >= 15 is 0 Å². The van der Waals surface area contributed by atoms with Gasteiger partial charge in [0.25, 0.3) is 0 Å². The summed E-state index contributed by atoms with van der Waals surface area (Å²) in [6.07, 6.45) is 0. The highest BCUT2D eigenvalue weighted by molar-refractivity contribution is 7.80. The van der Waals surface area contributed by atoms with Crippen LogP contribution in [0.1, 0.15) is 0 Å². The van der Waals surface area contributed by atoms with Crippen LogP contribution in [0.25, 0.3) is 11.1 Å². The van der Waals surface area contributed by atoms with Crippen LogP contribution >= 0.6 is 39.0 Å². The zero-order chi connectivity index (χ0) is 29.1.